The molecule has 2 aliphatic heterocycles. The molecule has 0 aliphatic carbocycles. The quantitative estimate of drug-likeness (QED) is 0.0956. The second-order valence-electron chi connectivity index (χ2n) is 13.7. The number of nitrogens with zero attached hydrogens (tertiary/aromatic N) is 2. The fourth-order valence-corrected chi connectivity index (χ4v) is 7.37. The molecule has 2 aliphatic rings. The average Bonchev–Trinajstić information content (AvgIpc) is 3.55. The number of carbonyl (C=O) groups excluding carboxylic acids is 2. The number of aromatic carboxylic acids is 1. The molecule has 3 N–H and O–H groups in total. The van der Waals surface area contributed by atoms with Gasteiger partial charge in [0.05, 0.1) is 22.3 Å². The predicted octanol–water partition coefficient (Wildman–Crippen LogP) is 9.94. The van der Waals surface area contributed by atoms with Crippen LogP contribution in [-0.4, -0.2) is 59.2 Å². The summed E-state index contributed by atoms with van der Waals surface area (Å²) >= 11 is 0. The van der Waals surface area contributed by atoms with E-state index in [0.29, 0.717) is 33.8 Å². The Hall–Kier alpha value is -7.21. The van der Waals surface area contributed by atoms with E-state index >= 15 is 0 Å². The first-order valence-corrected chi connectivity index (χ1v) is 19.5. The first-order valence-electron chi connectivity index (χ1n) is 19.5. The zero-order valence-electron chi connectivity index (χ0n) is 33.5. The minimum atomic E-state index is -1.22. The van der Waals surface area contributed by atoms with Crippen LogP contribution in [0.1, 0.15) is 81.0 Å². The van der Waals surface area contributed by atoms with E-state index in [-0.39, 0.29) is 34.0 Å². The third kappa shape index (κ3) is 8.35. The van der Waals surface area contributed by atoms with Gasteiger partial charge in [-0.2, -0.15) is 0 Å². The van der Waals surface area contributed by atoms with Gasteiger partial charge >= 0.3 is 11.9 Å². The summed E-state index contributed by atoms with van der Waals surface area (Å²) in [6.45, 7) is 11.5. The molecule has 308 valence electrons. The van der Waals surface area contributed by atoms with Crippen LogP contribution in [0.2, 0.25) is 0 Å². The molecular weight excluding hydrogens is 771 g/mol. The summed E-state index contributed by atoms with van der Waals surface area (Å²) in [7, 11) is 0. The summed E-state index contributed by atoms with van der Waals surface area (Å²) in [5.74, 6) is -1.81. The third-order valence-electron chi connectivity index (χ3n) is 10.4. The Bertz CT molecular complexity index is 2510. The number of hydrogen-bond acceptors (Lipinski definition) is 9. The van der Waals surface area contributed by atoms with E-state index in [1.807, 2.05) is 49.1 Å². The molecule has 0 saturated carbocycles. The van der Waals surface area contributed by atoms with Gasteiger partial charge in [-0.05, 0) is 107 Å². The molecule has 0 aromatic heterocycles. The summed E-state index contributed by atoms with van der Waals surface area (Å²) in [4.78, 5) is 40.8. The molecule has 12 heteroatoms. The summed E-state index contributed by atoms with van der Waals surface area (Å²) in [5.41, 5.74) is 3.08. The molecule has 6 aromatic rings. The molecule has 6 aromatic carbocycles. The number of phenols is 2. The molecule has 0 radical (unpaired) electrons. The summed E-state index contributed by atoms with van der Waals surface area (Å²) in [6.07, 6.45) is 0. The summed E-state index contributed by atoms with van der Waals surface area (Å²) < 4.78 is 38.4. The van der Waals surface area contributed by atoms with Gasteiger partial charge in [0.1, 0.15) is 34.6 Å². The van der Waals surface area contributed by atoms with Gasteiger partial charge in [0.2, 0.25) is 0 Å². The van der Waals surface area contributed by atoms with Gasteiger partial charge in [0.15, 0.2) is 11.4 Å². The van der Waals surface area contributed by atoms with Crippen molar-refractivity contribution >= 4 is 29.1 Å². The predicted molar refractivity (Wildman–Crippen MR) is 225 cm³/mol. The number of ether oxygens (including phenoxy) is 2. The van der Waals surface area contributed by atoms with Gasteiger partial charge < -0.3 is 34.6 Å². The smallest absolute Gasteiger partial charge is 0.340 e. The largest absolute Gasteiger partial charge is 0.508 e. The maximum absolute atomic E-state index is 14.2. The Balaban J connectivity index is 0.000000173. The van der Waals surface area contributed by atoms with Crippen molar-refractivity contribution in [3.05, 3.63) is 178 Å². The highest BCUT2D eigenvalue weighted by atomic mass is 19.1. The van der Waals surface area contributed by atoms with Crippen molar-refractivity contribution in [2.24, 2.45) is 0 Å². The Morgan fingerprint density at radius 1 is 0.600 bits per heavy atom. The molecule has 0 amide bonds. The van der Waals surface area contributed by atoms with E-state index < -0.39 is 29.1 Å². The zero-order valence-corrected chi connectivity index (χ0v) is 33.5. The number of rotatable bonds is 9. The lowest BCUT2D eigenvalue weighted by atomic mass is 9.77. The topological polar surface area (TPSA) is 137 Å². The molecule has 0 saturated heterocycles. The van der Waals surface area contributed by atoms with Crippen molar-refractivity contribution in [3.8, 4) is 23.0 Å². The van der Waals surface area contributed by atoms with Crippen LogP contribution < -0.4 is 14.5 Å². The number of fused-ring (bicyclic) bond motifs is 6. The first kappa shape index (κ1) is 42.4. The third-order valence-corrected chi connectivity index (χ3v) is 10.4. The van der Waals surface area contributed by atoms with Crippen molar-refractivity contribution in [1.29, 1.82) is 0 Å². The Morgan fingerprint density at radius 3 is 1.80 bits per heavy atom. The van der Waals surface area contributed by atoms with Crippen molar-refractivity contribution in [2.75, 3.05) is 36.0 Å². The van der Waals surface area contributed by atoms with E-state index in [1.165, 1.54) is 60.7 Å². The number of carbonyl (C=O) groups is 3. The normalized spacial score (nSPS) is 14.1. The number of phenolic OH excluding ortho intramolecular Hbond substituents is 2. The molecule has 1 atom stereocenters. The van der Waals surface area contributed by atoms with Gasteiger partial charge in [0, 0.05) is 66.4 Å². The minimum Gasteiger partial charge on any atom is -0.508 e. The number of halogens is 2. The Morgan fingerprint density at radius 2 is 1.18 bits per heavy atom. The van der Waals surface area contributed by atoms with Crippen molar-refractivity contribution in [1.82, 2.24) is 0 Å². The monoisotopic (exact) mass is 814 g/mol. The zero-order chi connectivity index (χ0) is 43.1. The van der Waals surface area contributed by atoms with Crippen molar-refractivity contribution < 1.29 is 48.0 Å². The molecule has 0 bridgehead atoms. The standard InChI is InChI=1S/C24H20FNO3.C18H19NO4.C6H5FO/c1-3-26(4-2)16-10-11-19-22(14-16)28-21-12-9-15(25)13-20(21)24(19)18-8-6-5-7-17(18)23(27)29-24;1-3-19(4-2)12-9-10-15(16(20)11-12)17(21)13-7-5-6-8-14(13)18(22)23;7-5-1-3-6(8)4-2-5/h5-14H,3-4H2,1-2H3;5-11,20H,3-4H2,1-2H3,(H,22,23);1-4,8H. The van der Waals surface area contributed by atoms with E-state index in [9.17, 15) is 33.4 Å². The molecule has 8 rings (SSSR count). The van der Waals surface area contributed by atoms with Gasteiger partial charge in [-0.3, -0.25) is 4.79 Å². The lowest BCUT2D eigenvalue weighted by Gasteiger charge is -2.37. The molecule has 1 spiro atoms. The van der Waals surface area contributed by atoms with Crippen LogP contribution in [0.15, 0.2) is 127 Å². The van der Waals surface area contributed by atoms with Crippen molar-refractivity contribution in [3.63, 3.8) is 0 Å². The number of esters is 1. The van der Waals surface area contributed by atoms with Gasteiger partial charge in [-0.15, -0.1) is 0 Å². The van der Waals surface area contributed by atoms with Crippen LogP contribution in [0.5, 0.6) is 23.0 Å². The maximum atomic E-state index is 14.2. The molecule has 60 heavy (non-hydrogen) atoms. The molecule has 10 nitrogen and oxygen atoms in total. The molecule has 1 unspecified atom stereocenters. The van der Waals surface area contributed by atoms with Gasteiger partial charge in [0.25, 0.3) is 0 Å². The maximum Gasteiger partial charge on any atom is 0.340 e. The number of anilines is 2. The van der Waals surface area contributed by atoms with Crippen LogP contribution in [0.25, 0.3) is 0 Å². The van der Waals surface area contributed by atoms with Crippen LogP contribution >= 0.6 is 0 Å². The van der Waals surface area contributed by atoms with Crippen LogP contribution in [0.3, 0.4) is 0 Å². The molecule has 0 fully saturated rings. The number of carboxylic acid groups (broad SMARTS) is 1. The van der Waals surface area contributed by atoms with Crippen LogP contribution in [0, 0.1) is 11.6 Å². The lowest BCUT2D eigenvalue weighted by Crippen LogP contribution is -2.33. The van der Waals surface area contributed by atoms with Crippen molar-refractivity contribution in [2.45, 2.75) is 33.3 Å². The highest BCUT2D eigenvalue weighted by Crippen LogP contribution is 2.56. The fraction of sp³-hybridized carbons (Fsp3) is 0.188. The second kappa shape index (κ2) is 18.2. The summed E-state index contributed by atoms with van der Waals surface area (Å²) in [6, 6.07) is 33.3. The van der Waals surface area contributed by atoms with Gasteiger partial charge in [-0.25, -0.2) is 18.4 Å². The fourth-order valence-electron chi connectivity index (χ4n) is 7.37. The van der Waals surface area contributed by atoms with E-state index in [1.54, 1.807) is 36.4 Å². The first-order chi connectivity index (χ1) is 28.9. The number of aromatic hydroxyl groups is 2. The Kier molecular flexibility index (Phi) is 12.8. The average molecular weight is 815 g/mol. The van der Waals surface area contributed by atoms with Gasteiger partial charge in [-0.1, -0.05) is 36.4 Å². The number of ketones is 1. The Labute approximate surface area is 346 Å². The minimum absolute atomic E-state index is 0.0610. The SMILES string of the molecule is CCN(CC)c1ccc(C(=O)c2ccccc2C(=O)O)c(O)c1.CCN(CC)c1ccc2c(c1)Oc1ccc(F)cc1C21OC(=O)c2ccccc21.Oc1ccc(F)cc1. The van der Waals surface area contributed by atoms with Crippen LogP contribution in [-0.2, 0) is 10.3 Å². The van der Waals surface area contributed by atoms with E-state index in [4.69, 9.17) is 14.6 Å². The number of carboxylic acids is 1. The molecular formula is C48H44F2N2O8. The highest BCUT2D eigenvalue weighted by Gasteiger charge is 2.53. The lowest BCUT2D eigenvalue weighted by molar-refractivity contribution is 0.0223. The molecule has 2 heterocycles. The number of benzene rings is 6. The van der Waals surface area contributed by atoms with E-state index in [0.717, 1.165) is 37.6 Å². The van der Waals surface area contributed by atoms with Crippen LogP contribution in [0.4, 0.5) is 20.2 Å². The highest BCUT2D eigenvalue weighted by molar-refractivity contribution is 6.15. The second-order valence-corrected chi connectivity index (χ2v) is 13.7. The summed E-state index contributed by atoms with van der Waals surface area (Å²) in [5, 5.41) is 28.0. The number of hydrogen-bond donors (Lipinski definition) is 3. The van der Waals surface area contributed by atoms with E-state index in [2.05, 4.69) is 18.7 Å².